The van der Waals surface area contributed by atoms with Gasteiger partial charge < -0.3 is 4.90 Å². The lowest BCUT2D eigenvalue weighted by Gasteiger charge is -2.32. The number of rotatable bonds is 2. The molecule has 0 amide bonds. The SMILES string of the molecule is CC(C)N1C2CCC1CN(c1nnc(C(F)(F)F)s1)CC2. The van der Waals surface area contributed by atoms with Crippen LogP contribution in [0.4, 0.5) is 18.3 Å². The lowest BCUT2D eigenvalue weighted by molar-refractivity contribution is -0.138. The van der Waals surface area contributed by atoms with Crippen LogP contribution in [0.2, 0.25) is 0 Å². The van der Waals surface area contributed by atoms with Crippen LogP contribution in [0, 0.1) is 0 Å². The van der Waals surface area contributed by atoms with Crippen molar-refractivity contribution in [1.82, 2.24) is 15.1 Å². The van der Waals surface area contributed by atoms with Crippen LogP contribution >= 0.6 is 11.3 Å². The molecule has 0 aromatic carbocycles. The van der Waals surface area contributed by atoms with Crippen LogP contribution in [0.5, 0.6) is 0 Å². The topological polar surface area (TPSA) is 32.3 Å². The fourth-order valence-corrected chi connectivity index (χ4v) is 4.33. The second-order valence-corrected chi connectivity index (χ2v) is 7.00. The van der Waals surface area contributed by atoms with E-state index in [1.165, 1.54) is 6.42 Å². The molecule has 8 heteroatoms. The predicted molar refractivity (Wildman–Crippen MR) is 75.5 cm³/mol. The molecule has 118 valence electrons. The van der Waals surface area contributed by atoms with Gasteiger partial charge in [0.2, 0.25) is 10.1 Å². The quantitative estimate of drug-likeness (QED) is 0.838. The predicted octanol–water partition coefficient (Wildman–Crippen LogP) is 3.01. The molecular formula is C13H19F3N4S. The van der Waals surface area contributed by atoms with Gasteiger partial charge >= 0.3 is 6.18 Å². The Morgan fingerprint density at radius 3 is 2.48 bits per heavy atom. The van der Waals surface area contributed by atoms with E-state index in [0.29, 0.717) is 34.6 Å². The first-order valence-corrected chi connectivity index (χ1v) is 8.11. The summed E-state index contributed by atoms with van der Waals surface area (Å²) in [6.07, 6.45) is -1.11. The van der Waals surface area contributed by atoms with Crippen LogP contribution in [-0.2, 0) is 6.18 Å². The molecule has 0 N–H and O–H groups in total. The van der Waals surface area contributed by atoms with Crippen LogP contribution in [0.15, 0.2) is 0 Å². The Balaban J connectivity index is 1.77. The lowest BCUT2D eigenvalue weighted by Crippen LogP contribution is -2.43. The normalized spacial score (nSPS) is 27.4. The standard InChI is InChI=1S/C13H19F3N4S/c1-8(2)20-9-3-4-10(20)7-19(6-5-9)12-18-17-11(21-12)13(14,15)16/h8-10H,3-7H2,1-2H3. The van der Waals surface area contributed by atoms with E-state index in [2.05, 4.69) is 28.9 Å². The summed E-state index contributed by atoms with van der Waals surface area (Å²) >= 11 is 0.653. The lowest BCUT2D eigenvalue weighted by atomic mass is 10.1. The number of halogens is 3. The number of hydrogen-bond donors (Lipinski definition) is 0. The van der Waals surface area contributed by atoms with Crippen molar-refractivity contribution in [2.24, 2.45) is 0 Å². The maximum Gasteiger partial charge on any atom is 0.445 e. The highest BCUT2D eigenvalue weighted by Crippen LogP contribution is 2.37. The summed E-state index contributed by atoms with van der Waals surface area (Å²) in [5, 5.41) is 6.60. The molecule has 2 aliphatic heterocycles. The first kappa shape index (κ1) is 15.0. The van der Waals surface area contributed by atoms with E-state index >= 15 is 0 Å². The van der Waals surface area contributed by atoms with E-state index in [0.717, 1.165) is 25.9 Å². The largest absolute Gasteiger partial charge is 0.445 e. The van der Waals surface area contributed by atoms with Gasteiger partial charge in [0.1, 0.15) is 0 Å². The third kappa shape index (κ3) is 2.88. The van der Waals surface area contributed by atoms with Crippen molar-refractivity contribution in [1.29, 1.82) is 0 Å². The van der Waals surface area contributed by atoms with Crippen molar-refractivity contribution < 1.29 is 13.2 Å². The van der Waals surface area contributed by atoms with Gasteiger partial charge in [0.15, 0.2) is 0 Å². The number of hydrogen-bond acceptors (Lipinski definition) is 5. The van der Waals surface area contributed by atoms with Gasteiger partial charge in [-0.05, 0) is 33.1 Å². The molecule has 2 aliphatic rings. The first-order valence-electron chi connectivity index (χ1n) is 7.29. The van der Waals surface area contributed by atoms with E-state index < -0.39 is 11.2 Å². The molecular weight excluding hydrogens is 301 g/mol. The number of aromatic nitrogens is 2. The summed E-state index contributed by atoms with van der Waals surface area (Å²) in [6.45, 7) is 5.89. The van der Waals surface area contributed by atoms with Gasteiger partial charge in [-0.3, -0.25) is 4.90 Å². The molecule has 0 saturated carbocycles. The minimum atomic E-state index is -4.40. The fourth-order valence-electron chi connectivity index (χ4n) is 3.59. The summed E-state index contributed by atoms with van der Waals surface area (Å²) in [6, 6.07) is 1.44. The first-order chi connectivity index (χ1) is 9.86. The van der Waals surface area contributed by atoms with Gasteiger partial charge in [-0.1, -0.05) is 11.3 Å². The van der Waals surface area contributed by atoms with E-state index in [-0.39, 0.29) is 0 Å². The maximum absolute atomic E-state index is 12.6. The van der Waals surface area contributed by atoms with E-state index in [1.54, 1.807) is 0 Å². The Kier molecular flexibility index (Phi) is 3.85. The molecule has 4 nitrogen and oxygen atoms in total. The van der Waals surface area contributed by atoms with Crippen LogP contribution in [-0.4, -0.2) is 46.3 Å². The average Bonchev–Trinajstić information content (AvgIpc) is 2.93. The molecule has 2 fully saturated rings. The van der Waals surface area contributed by atoms with Gasteiger partial charge in [-0.2, -0.15) is 13.2 Å². The van der Waals surface area contributed by atoms with Crippen LogP contribution < -0.4 is 4.90 Å². The van der Waals surface area contributed by atoms with E-state index in [9.17, 15) is 13.2 Å². The Morgan fingerprint density at radius 1 is 1.14 bits per heavy atom. The number of alkyl halides is 3. The minimum absolute atomic E-state index is 0.401. The Morgan fingerprint density at radius 2 is 1.86 bits per heavy atom. The second kappa shape index (κ2) is 5.39. The smallest absolute Gasteiger partial charge is 0.345 e. The highest BCUT2D eigenvalue weighted by molar-refractivity contribution is 7.15. The van der Waals surface area contributed by atoms with Gasteiger partial charge in [0, 0.05) is 31.2 Å². The van der Waals surface area contributed by atoms with Gasteiger partial charge in [-0.25, -0.2) is 0 Å². The Labute approximate surface area is 125 Å². The fraction of sp³-hybridized carbons (Fsp3) is 0.846. The Hall–Kier alpha value is -0.890. The molecule has 1 aromatic heterocycles. The number of fused-ring (bicyclic) bond motifs is 2. The summed E-state index contributed by atoms with van der Waals surface area (Å²) in [4.78, 5) is 4.50. The van der Waals surface area contributed by atoms with E-state index in [4.69, 9.17) is 0 Å². The monoisotopic (exact) mass is 320 g/mol. The molecule has 2 saturated heterocycles. The molecule has 3 heterocycles. The zero-order valence-electron chi connectivity index (χ0n) is 12.1. The van der Waals surface area contributed by atoms with Crippen molar-refractivity contribution in [3.8, 4) is 0 Å². The summed E-state index contributed by atoms with van der Waals surface area (Å²) in [5.74, 6) is 0. The number of nitrogens with zero attached hydrogens (tertiary/aromatic N) is 4. The van der Waals surface area contributed by atoms with Gasteiger partial charge in [0.05, 0.1) is 0 Å². The molecule has 21 heavy (non-hydrogen) atoms. The Bertz CT molecular complexity index is 502. The average molecular weight is 320 g/mol. The second-order valence-electron chi connectivity index (χ2n) is 6.05. The molecule has 0 radical (unpaired) electrons. The highest BCUT2D eigenvalue weighted by atomic mass is 32.1. The zero-order chi connectivity index (χ0) is 15.2. The molecule has 2 atom stereocenters. The van der Waals surface area contributed by atoms with Gasteiger partial charge in [-0.15, -0.1) is 10.2 Å². The summed E-state index contributed by atoms with van der Waals surface area (Å²) in [5.41, 5.74) is 0. The molecule has 1 aromatic rings. The summed E-state index contributed by atoms with van der Waals surface area (Å²) in [7, 11) is 0. The summed E-state index contributed by atoms with van der Waals surface area (Å²) < 4.78 is 37.9. The van der Waals surface area contributed by atoms with Crippen molar-refractivity contribution >= 4 is 16.5 Å². The van der Waals surface area contributed by atoms with Crippen molar-refractivity contribution in [3.05, 3.63) is 5.01 Å². The number of anilines is 1. The van der Waals surface area contributed by atoms with Crippen LogP contribution in [0.3, 0.4) is 0 Å². The van der Waals surface area contributed by atoms with E-state index in [1.807, 2.05) is 4.90 Å². The molecule has 0 aliphatic carbocycles. The van der Waals surface area contributed by atoms with Gasteiger partial charge in [0.25, 0.3) is 0 Å². The zero-order valence-corrected chi connectivity index (χ0v) is 12.9. The molecule has 2 unspecified atom stereocenters. The van der Waals surface area contributed by atoms with Crippen LogP contribution in [0.25, 0.3) is 0 Å². The molecule has 2 bridgehead atoms. The van der Waals surface area contributed by atoms with Crippen LogP contribution in [0.1, 0.15) is 38.1 Å². The third-order valence-electron chi connectivity index (χ3n) is 4.36. The molecule has 0 spiro atoms. The maximum atomic E-state index is 12.6. The molecule has 3 rings (SSSR count). The van der Waals surface area contributed by atoms with Crippen molar-refractivity contribution in [2.45, 2.75) is 57.4 Å². The van der Waals surface area contributed by atoms with Crippen molar-refractivity contribution in [3.63, 3.8) is 0 Å². The minimum Gasteiger partial charge on any atom is -0.345 e. The third-order valence-corrected chi connectivity index (χ3v) is 5.39. The van der Waals surface area contributed by atoms with Crippen molar-refractivity contribution in [2.75, 3.05) is 18.0 Å². The highest BCUT2D eigenvalue weighted by Gasteiger charge is 2.40.